The summed E-state index contributed by atoms with van der Waals surface area (Å²) in [5.41, 5.74) is 3.05. The van der Waals surface area contributed by atoms with Crippen molar-refractivity contribution in [3.05, 3.63) is 81.8 Å². The molecule has 2 atom stereocenters. The molecule has 0 heterocycles. The number of carbonyl (C=O) groups is 1. The Bertz CT molecular complexity index is 790. The van der Waals surface area contributed by atoms with Gasteiger partial charge in [0.25, 0.3) is 0 Å². The molecule has 2 aromatic carbocycles. The minimum Gasteiger partial charge on any atom is -0.466 e. The fraction of sp³-hybridized carbons (Fsp3) is 0.200. The predicted octanol–water partition coefficient (Wildman–Crippen LogP) is 4.88. The maximum Gasteiger partial charge on any atom is 0.333 e. The number of halogens is 1. The van der Waals surface area contributed by atoms with E-state index in [1.807, 2.05) is 55.5 Å². The summed E-state index contributed by atoms with van der Waals surface area (Å²) < 4.78 is 5.66. The van der Waals surface area contributed by atoms with Gasteiger partial charge in [-0.2, -0.15) is 5.26 Å². The number of carbonyl (C=O) groups excluding carboxylic acids is 1. The molecule has 0 aliphatic heterocycles. The molecule has 0 aliphatic carbocycles. The van der Waals surface area contributed by atoms with Gasteiger partial charge in [0.2, 0.25) is 0 Å². The van der Waals surface area contributed by atoms with Crippen molar-refractivity contribution in [2.24, 2.45) is 0 Å². The molecular weight excluding hydrogens is 366 g/mol. The largest absolute Gasteiger partial charge is 0.466 e. The van der Waals surface area contributed by atoms with Gasteiger partial charge >= 0.3 is 5.97 Å². The first kappa shape index (κ1) is 18.0. The summed E-state index contributed by atoms with van der Waals surface area (Å²) in [4.78, 5) is 12.1. The van der Waals surface area contributed by atoms with Crippen LogP contribution in [0.15, 0.2) is 65.2 Å². The standard InChI is InChI=1S/C20H18BrNO2/c1-13-8-10-15(11-9-13)19(14(2)20(23)24-3)17(12-22)16-6-4-5-7-18(16)21/h4-11,17,19H,2H2,1,3H3. The van der Waals surface area contributed by atoms with Crippen molar-refractivity contribution in [1.29, 1.82) is 5.26 Å². The second kappa shape index (κ2) is 7.94. The Labute approximate surface area is 150 Å². The van der Waals surface area contributed by atoms with Crippen molar-refractivity contribution >= 4 is 21.9 Å². The van der Waals surface area contributed by atoms with Gasteiger partial charge in [0.05, 0.1) is 19.1 Å². The van der Waals surface area contributed by atoms with Gasteiger partial charge in [-0.25, -0.2) is 4.79 Å². The number of nitrogens with zero attached hydrogens (tertiary/aromatic N) is 1. The van der Waals surface area contributed by atoms with E-state index in [0.29, 0.717) is 0 Å². The van der Waals surface area contributed by atoms with Crippen LogP contribution in [-0.2, 0) is 9.53 Å². The first-order chi connectivity index (χ1) is 11.5. The number of ether oxygens (including phenoxy) is 1. The van der Waals surface area contributed by atoms with Crippen molar-refractivity contribution in [3.8, 4) is 6.07 Å². The summed E-state index contributed by atoms with van der Waals surface area (Å²) in [5, 5.41) is 9.83. The summed E-state index contributed by atoms with van der Waals surface area (Å²) in [7, 11) is 1.32. The first-order valence-electron chi connectivity index (χ1n) is 7.47. The highest BCUT2D eigenvalue weighted by Gasteiger charge is 2.32. The number of aryl methyl sites for hydroxylation is 1. The molecule has 4 heteroatoms. The van der Waals surface area contributed by atoms with Crippen molar-refractivity contribution in [3.63, 3.8) is 0 Å². The third-order valence-electron chi connectivity index (χ3n) is 3.97. The Kier molecular flexibility index (Phi) is 5.94. The van der Waals surface area contributed by atoms with Gasteiger partial charge in [0, 0.05) is 16.0 Å². The van der Waals surface area contributed by atoms with Crippen molar-refractivity contribution in [2.45, 2.75) is 18.8 Å². The van der Waals surface area contributed by atoms with Gasteiger partial charge in [0.1, 0.15) is 0 Å². The van der Waals surface area contributed by atoms with Crippen LogP contribution in [-0.4, -0.2) is 13.1 Å². The van der Waals surface area contributed by atoms with Crippen LogP contribution in [0, 0.1) is 18.3 Å². The van der Waals surface area contributed by atoms with E-state index in [2.05, 4.69) is 28.6 Å². The van der Waals surface area contributed by atoms with Crippen molar-refractivity contribution in [2.75, 3.05) is 7.11 Å². The molecule has 24 heavy (non-hydrogen) atoms. The minimum absolute atomic E-state index is 0.267. The number of hydrogen-bond acceptors (Lipinski definition) is 3. The van der Waals surface area contributed by atoms with Crippen LogP contribution in [0.4, 0.5) is 0 Å². The quantitative estimate of drug-likeness (QED) is 0.546. The summed E-state index contributed by atoms with van der Waals surface area (Å²) >= 11 is 3.50. The molecule has 2 rings (SSSR count). The van der Waals surface area contributed by atoms with E-state index in [9.17, 15) is 10.1 Å². The molecule has 0 radical (unpaired) electrons. The van der Waals surface area contributed by atoms with Crippen LogP contribution in [0.2, 0.25) is 0 Å². The van der Waals surface area contributed by atoms with Crippen LogP contribution in [0.3, 0.4) is 0 Å². The molecule has 0 bridgehead atoms. The summed E-state index contributed by atoms with van der Waals surface area (Å²) in [6.07, 6.45) is 0. The highest BCUT2D eigenvalue weighted by atomic mass is 79.9. The summed E-state index contributed by atoms with van der Waals surface area (Å²) in [6, 6.07) is 17.6. The fourth-order valence-electron chi connectivity index (χ4n) is 2.68. The normalized spacial score (nSPS) is 12.8. The zero-order chi connectivity index (χ0) is 17.7. The van der Waals surface area contributed by atoms with Crippen LogP contribution in [0.5, 0.6) is 0 Å². The van der Waals surface area contributed by atoms with Gasteiger partial charge in [0.15, 0.2) is 0 Å². The monoisotopic (exact) mass is 383 g/mol. The number of rotatable bonds is 5. The molecule has 0 aromatic heterocycles. The van der Waals surface area contributed by atoms with Crippen LogP contribution in [0.1, 0.15) is 28.5 Å². The molecule has 0 saturated heterocycles. The van der Waals surface area contributed by atoms with Gasteiger partial charge in [-0.15, -0.1) is 0 Å². The molecule has 0 amide bonds. The number of esters is 1. The van der Waals surface area contributed by atoms with E-state index in [-0.39, 0.29) is 5.57 Å². The van der Waals surface area contributed by atoms with E-state index in [1.165, 1.54) is 7.11 Å². The smallest absolute Gasteiger partial charge is 0.333 e. The average Bonchev–Trinajstić information content (AvgIpc) is 2.60. The Morgan fingerprint density at radius 2 is 1.83 bits per heavy atom. The maximum atomic E-state index is 12.1. The molecular formula is C20H18BrNO2. The molecule has 0 N–H and O–H groups in total. The van der Waals surface area contributed by atoms with Gasteiger partial charge in [-0.3, -0.25) is 0 Å². The number of hydrogen-bond donors (Lipinski definition) is 0. The van der Waals surface area contributed by atoms with E-state index in [4.69, 9.17) is 4.74 Å². The van der Waals surface area contributed by atoms with Crippen molar-refractivity contribution < 1.29 is 9.53 Å². The molecule has 2 aromatic rings. The van der Waals surface area contributed by atoms with E-state index < -0.39 is 17.8 Å². The molecule has 122 valence electrons. The Morgan fingerprint density at radius 3 is 2.38 bits per heavy atom. The lowest BCUT2D eigenvalue weighted by molar-refractivity contribution is -0.136. The van der Waals surface area contributed by atoms with E-state index in [1.54, 1.807) is 0 Å². The van der Waals surface area contributed by atoms with Gasteiger partial charge in [-0.05, 0) is 24.1 Å². The lowest BCUT2D eigenvalue weighted by Crippen LogP contribution is -2.19. The number of methoxy groups -OCH3 is 1. The second-order valence-electron chi connectivity index (χ2n) is 5.53. The van der Waals surface area contributed by atoms with Gasteiger partial charge < -0.3 is 4.74 Å². The van der Waals surface area contributed by atoms with Crippen LogP contribution >= 0.6 is 15.9 Å². The Balaban J connectivity index is 2.58. The predicted molar refractivity (Wildman–Crippen MR) is 97.6 cm³/mol. The molecule has 2 unspecified atom stereocenters. The number of benzene rings is 2. The van der Waals surface area contributed by atoms with Crippen LogP contribution in [0.25, 0.3) is 0 Å². The number of nitriles is 1. The summed E-state index contributed by atoms with van der Waals surface area (Å²) in [6.45, 7) is 5.90. The highest BCUT2D eigenvalue weighted by Crippen LogP contribution is 2.40. The van der Waals surface area contributed by atoms with E-state index in [0.717, 1.165) is 21.2 Å². The second-order valence-corrected chi connectivity index (χ2v) is 6.39. The Hall–Kier alpha value is -2.38. The fourth-order valence-corrected chi connectivity index (χ4v) is 3.21. The molecule has 3 nitrogen and oxygen atoms in total. The van der Waals surface area contributed by atoms with E-state index >= 15 is 0 Å². The maximum absolute atomic E-state index is 12.1. The van der Waals surface area contributed by atoms with Crippen molar-refractivity contribution in [1.82, 2.24) is 0 Å². The molecule has 0 aliphatic rings. The third-order valence-corrected chi connectivity index (χ3v) is 4.69. The topological polar surface area (TPSA) is 50.1 Å². The van der Waals surface area contributed by atoms with Gasteiger partial charge in [-0.1, -0.05) is 70.5 Å². The zero-order valence-electron chi connectivity index (χ0n) is 13.6. The lowest BCUT2D eigenvalue weighted by Gasteiger charge is -2.24. The molecule has 0 saturated carbocycles. The highest BCUT2D eigenvalue weighted by molar-refractivity contribution is 9.10. The molecule has 0 spiro atoms. The van der Waals surface area contributed by atoms with Crippen LogP contribution < -0.4 is 0 Å². The third kappa shape index (κ3) is 3.74. The summed E-state index contributed by atoms with van der Waals surface area (Å²) in [5.74, 6) is -1.55. The SMILES string of the molecule is C=C(C(=O)OC)C(c1ccc(C)cc1)C(C#N)c1ccccc1Br. The zero-order valence-corrected chi connectivity index (χ0v) is 15.2. The Morgan fingerprint density at radius 1 is 1.21 bits per heavy atom. The first-order valence-corrected chi connectivity index (χ1v) is 8.26. The molecule has 0 fully saturated rings. The minimum atomic E-state index is -0.560. The lowest BCUT2D eigenvalue weighted by atomic mass is 9.78. The average molecular weight is 384 g/mol.